The highest BCUT2D eigenvalue weighted by molar-refractivity contribution is 5.78. The van der Waals surface area contributed by atoms with Gasteiger partial charge in [-0.2, -0.15) is 0 Å². The number of aryl methyl sites for hydroxylation is 1. The fourth-order valence-electron chi connectivity index (χ4n) is 2.90. The molecule has 0 aromatic heterocycles. The summed E-state index contributed by atoms with van der Waals surface area (Å²) >= 11 is 0. The van der Waals surface area contributed by atoms with E-state index in [9.17, 15) is 9.90 Å². The van der Waals surface area contributed by atoms with Crippen LogP contribution in [0.15, 0.2) is 24.3 Å². The van der Waals surface area contributed by atoms with Gasteiger partial charge in [-0.25, -0.2) is 0 Å². The first-order valence-electron chi connectivity index (χ1n) is 7.86. The second-order valence-electron chi connectivity index (χ2n) is 6.12. The van der Waals surface area contributed by atoms with Crippen LogP contribution in [-0.2, 0) is 11.2 Å². The van der Waals surface area contributed by atoms with Crippen molar-refractivity contribution < 1.29 is 9.90 Å². The van der Waals surface area contributed by atoms with Crippen LogP contribution in [0.25, 0.3) is 0 Å². The van der Waals surface area contributed by atoms with Crippen molar-refractivity contribution in [3.8, 4) is 5.75 Å². The van der Waals surface area contributed by atoms with Crippen molar-refractivity contribution in [3.05, 3.63) is 29.8 Å². The summed E-state index contributed by atoms with van der Waals surface area (Å²) in [4.78, 5) is 13.6. The summed E-state index contributed by atoms with van der Waals surface area (Å²) in [5.74, 6) is 0.606. The molecule has 1 aromatic rings. The number of rotatable bonds is 7. The second-order valence-corrected chi connectivity index (χ2v) is 6.12. The predicted molar refractivity (Wildman–Crippen MR) is 84.3 cm³/mol. The van der Waals surface area contributed by atoms with Crippen LogP contribution in [0.5, 0.6) is 5.75 Å². The van der Waals surface area contributed by atoms with Crippen molar-refractivity contribution in [3.63, 3.8) is 0 Å². The molecule has 4 nitrogen and oxygen atoms in total. The van der Waals surface area contributed by atoms with Gasteiger partial charge in [0, 0.05) is 31.6 Å². The van der Waals surface area contributed by atoms with Crippen molar-refractivity contribution >= 4 is 5.91 Å². The molecule has 2 atom stereocenters. The third-order valence-electron chi connectivity index (χ3n) is 4.04. The molecule has 1 aliphatic rings. The molecule has 0 radical (unpaired) electrons. The molecule has 0 saturated carbocycles. The molecule has 1 saturated heterocycles. The van der Waals surface area contributed by atoms with E-state index in [2.05, 4.69) is 19.2 Å². The van der Waals surface area contributed by atoms with Crippen LogP contribution >= 0.6 is 0 Å². The molecule has 1 amide bonds. The molecule has 2 N–H and O–H groups in total. The molecular formula is C17H26N2O2. The lowest BCUT2D eigenvalue weighted by Crippen LogP contribution is -2.43. The summed E-state index contributed by atoms with van der Waals surface area (Å²) < 4.78 is 0. The second kappa shape index (κ2) is 7.46. The molecule has 21 heavy (non-hydrogen) atoms. The zero-order chi connectivity index (χ0) is 15.2. The average molecular weight is 290 g/mol. The molecule has 1 aromatic carbocycles. The van der Waals surface area contributed by atoms with Gasteiger partial charge in [-0.1, -0.05) is 12.1 Å². The van der Waals surface area contributed by atoms with Gasteiger partial charge in [0.15, 0.2) is 0 Å². The first-order valence-corrected chi connectivity index (χ1v) is 7.86. The number of nitrogens with one attached hydrogen (secondary N) is 1. The van der Waals surface area contributed by atoms with Crippen molar-refractivity contribution in [2.24, 2.45) is 0 Å². The normalized spacial score (nSPS) is 18.0. The van der Waals surface area contributed by atoms with Crippen molar-refractivity contribution in [2.75, 3.05) is 13.1 Å². The van der Waals surface area contributed by atoms with Crippen molar-refractivity contribution in [1.29, 1.82) is 0 Å². The maximum atomic E-state index is 11.6. The lowest BCUT2D eigenvalue weighted by atomic mass is 10.1. The largest absolute Gasteiger partial charge is 0.508 e. The number of hydrogen-bond donors (Lipinski definition) is 2. The van der Waals surface area contributed by atoms with Crippen molar-refractivity contribution in [2.45, 2.75) is 51.6 Å². The summed E-state index contributed by atoms with van der Waals surface area (Å²) in [6, 6.07) is 8.13. The molecule has 1 aliphatic heterocycles. The smallest absolute Gasteiger partial charge is 0.222 e. The topological polar surface area (TPSA) is 52.6 Å². The van der Waals surface area contributed by atoms with Crippen LogP contribution in [0.4, 0.5) is 0 Å². The zero-order valence-corrected chi connectivity index (χ0v) is 13.0. The lowest BCUT2D eigenvalue weighted by molar-refractivity contribution is -0.127. The molecule has 0 aliphatic carbocycles. The first kappa shape index (κ1) is 15.8. The van der Waals surface area contributed by atoms with E-state index in [1.807, 2.05) is 17.0 Å². The molecule has 0 bridgehead atoms. The molecule has 0 spiro atoms. The number of phenolic OH excluding ortho intramolecular Hbond substituents is 1. The number of phenols is 1. The summed E-state index contributed by atoms with van der Waals surface area (Å²) in [7, 11) is 0. The third-order valence-corrected chi connectivity index (χ3v) is 4.04. The SMILES string of the molecule is CC(CCc1ccc(O)cc1)NC(C)CN1CCCC1=O. The van der Waals surface area contributed by atoms with E-state index >= 15 is 0 Å². The summed E-state index contributed by atoms with van der Waals surface area (Å²) in [6.07, 6.45) is 3.75. The van der Waals surface area contributed by atoms with Crippen LogP contribution in [0.3, 0.4) is 0 Å². The van der Waals surface area contributed by atoms with Crippen LogP contribution in [-0.4, -0.2) is 41.1 Å². The molecule has 116 valence electrons. The van der Waals surface area contributed by atoms with Crippen LogP contribution < -0.4 is 5.32 Å². The Kier molecular flexibility index (Phi) is 5.62. The van der Waals surface area contributed by atoms with Gasteiger partial charge in [-0.3, -0.25) is 4.79 Å². The van der Waals surface area contributed by atoms with E-state index in [0.29, 0.717) is 30.2 Å². The van der Waals surface area contributed by atoms with Crippen LogP contribution in [0.2, 0.25) is 0 Å². The third kappa shape index (κ3) is 5.05. The van der Waals surface area contributed by atoms with Gasteiger partial charge in [-0.05, 0) is 50.8 Å². The Hall–Kier alpha value is -1.55. The highest BCUT2D eigenvalue weighted by Crippen LogP contribution is 2.13. The van der Waals surface area contributed by atoms with E-state index < -0.39 is 0 Å². The van der Waals surface area contributed by atoms with E-state index in [1.165, 1.54) is 5.56 Å². The van der Waals surface area contributed by atoms with E-state index in [4.69, 9.17) is 0 Å². The van der Waals surface area contributed by atoms with Gasteiger partial charge in [0.05, 0.1) is 0 Å². The molecule has 1 fully saturated rings. The minimum atomic E-state index is 0.292. The van der Waals surface area contributed by atoms with Crippen molar-refractivity contribution in [1.82, 2.24) is 10.2 Å². The van der Waals surface area contributed by atoms with E-state index in [-0.39, 0.29) is 0 Å². The van der Waals surface area contributed by atoms with Gasteiger partial charge in [0.1, 0.15) is 5.75 Å². The Bertz CT molecular complexity index is 458. The molecular weight excluding hydrogens is 264 g/mol. The number of nitrogens with zero attached hydrogens (tertiary/aromatic N) is 1. The highest BCUT2D eigenvalue weighted by atomic mass is 16.3. The Morgan fingerprint density at radius 2 is 1.95 bits per heavy atom. The van der Waals surface area contributed by atoms with Crippen LogP contribution in [0.1, 0.15) is 38.7 Å². The minimum Gasteiger partial charge on any atom is -0.508 e. The van der Waals surface area contributed by atoms with E-state index in [0.717, 1.165) is 32.4 Å². The first-order chi connectivity index (χ1) is 10.0. The Balaban J connectivity index is 1.69. The zero-order valence-electron chi connectivity index (χ0n) is 13.0. The number of carbonyl (C=O) groups is 1. The monoisotopic (exact) mass is 290 g/mol. The molecule has 4 heteroatoms. The maximum absolute atomic E-state index is 11.6. The van der Waals surface area contributed by atoms with E-state index in [1.54, 1.807) is 12.1 Å². The minimum absolute atomic E-state index is 0.292. The summed E-state index contributed by atoms with van der Waals surface area (Å²) in [5.41, 5.74) is 1.24. The number of likely N-dealkylation sites (tertiary alicyclic amines) is 1. The standard InChI is InChI=1S/C17H26N2O2/c1-13(5-6-15-7-9-16(20)10-8-15)18-14(2)12-19-11-3-4-17(19)21/h7-10,13-14,18,20H,3-6,11-12H2,1-2H3. The average Bonchev–Trinajstić information content (AvgIpc) is 2.83. The Labute approximate surface area is 127 Å². The Morgan fingerprint density at radius 3 is 2.57 bits per heavy atom. The number of aromatic hydroxyl groups is 1. The molecule has 2 rings (SSSR count). The summed E-state index contributed by atoms with van der Waals surface area (Å²) in [6.45, 7) is 6.04. The summed E-state index contributed by atoms with van der Waals surface area (Å²) in [5, 5.41) is 12.8. The number of carbonyl (C=O) groups excluding carboxylic acids is 1. The number of hydrogen-bond acceptors (Lipinski definition) is 3. The maximum Gasteiger partial charge on any atom is 0.222 e. The van der Waals surface area contributed by atoms with Gasteiger partial charge >= 0.3 is 0 Å². The lowest BCUT2D eigenvalue weighted by Gasteiger charge is -2.25. The van der Waals surface area contributed by atoms with Gasteiger partial charge in [0.25, 0.3) is 0 Å². The fraction of sp³-hybridized carbons (Fsp3) is 0.588. The number of amides is 1. The highest BCUT2D eigenvalue weighted by Gasteiger charge is 2.22. The molecule has 2 unspecified atom stereocenters. The van der Waals surface area contributed by atoms with Gasteiger partial charge in [0.2, 0.25) is 5.91 Å². The number of benzene rings is 1. The van der Waals surface area contributed by atoms with Crippen LogP contribution in [0, 0.1) is 0 Å². The quantitative estimate of drug-likeness (QED) is 0.810. The predicted octanol–water partition coefficient (Wildman–Crippen LogP) is 2.31. The Morgan fingerprint density at radius 1 is 1.24 bits per heavy atom. The van der Waals surface area contributed by atoms with Gasteiger partial charge < -0.3 is 15.3 Å². The fourth-order valence-corrected chi connectivity index (χ4v) is 2.90. The van der Waals surface area contributed by atoms with Gasteiger partial charge in [-0.15, -0.1) is 0 Å². The molecule has 1 heterocycles.